The lowest BCUT2D eigenvalue weighted by molar-refractivity contribution is 0.0736. The zero-order valence-electron chi connectivity index (χ0n) is 13.7. The van der Waals surface area contributed by atoms with Crippen molar-refractivity contribution in [1.29, 1.82) is 0 Å². The molecule has 1 fully saturated rings. The van der Waals surface area contributed by atoms with E-state index < -0.39 is 0 Å². The van der Waals surface area contributed by atoms with Gasteiger partial charge in [0, 0.05) is 25.2 Å². The Labute approximate surface area is 140 Å². The van der Waals surface area contributed by atoms with Crippen LogP contribution < -0.4 is 0 Å². The summed E-state index contributed by atoms with van der Waals surface area (Å²) in [5.74, 6) is 0.0981. The molecule has 1 aromatic heterocycles. The summed E-state index contributed by atoms with van der Waals surface area (Å²) < 4.78 is 1.72. The molecule has 0 spiro atoms. The van der Waals surface area contributed by atoms with Gasteiger partial charge >= 0.3 is 0 Å². The third-order valence-electron chi connectivity index (χ3n) is 4.81. The zero-order valence-corrected chi connectivity index (χ0v) is 13.7. The van der Waals surface area contributed by atoms with Crippen LogP contribution in [0, 0.1) is 0 Å². The van der Waals surface area contributed by atoms with E-state index in [-0.39, 0.29) is 11.9 Å². The van der Waals surface area contributed by atoms with E-state index in [4.69, 9.17) is 0 Å². The lowest BCUT2D eigenvalue weighted by Gasteiger charge is -2.25. The molecule has 1 aliphatic heterocycles. The van der Waals surface area contributed by atoms with Crippen molar-refractivity contribution in [1.82, 2.24) is 19.9 Å². The van der Waals surface area contributed by atoms with E-state index in [0.29, 0.717) is 5.56 Å². The van der Waals surface area contributed by atoms with Gasteiger partial charge in [-0.05, 0) is 43.0 Å². The first-order valence-corrected chi connectivity index (χ1v) is 8.37. The van der Waals surface area contributed by atoms with Crippen LogP contribution in [0.5, 0.6) is 0 Å². The molecule has 1 saturated heterocycles. The van der Waals surface area contributed by atoms with Crippen LogP contribution in [0.3, 0.4) is 0 Å². The second-order valence-electron chi connectivity index (χ2n) is 6.40. The number of amides is 1. The lowest BCUT2D eigenvalue weighted by Crippen LogP contribution is -2.36. The monoisotopic (exact) mass is 320 g/mol. The van der Waals surface area contributed by atoms with Crippen molar-refractivity contribution in [3.63, 3.8) is 0 Å². The minimum absolute atomic E-state index is 0.0981. The maximum atomic E-state index is 13.0. The molecular weight excluding hydrogens is 300 g/mol. The first kappa shape index (κ1) is 14.9. The average molecular weight is 320 g/mol. The third kappa shape index (κ3) is 2.66. The fourth-order valence-corrected chi connectivity index (χ4v) is 3.54. The second kappa shape index (κ2) is 6.07. The van der Waals surface area contributed by atoms with Gasteiger partial charge in [0.1, 0.15) is 5.52 Å². The van der Waals surface area contributed by atoms with E-state index in [1.165, 1.54) is 5.56 Å². The summed E-state index contributed by atoms with van der Waals surface area (Å²) in [5.41, 5.74) is 3.69. The van der Waals surface area contributed by atoms with Crippen LogP contribution in [0.15, 0.2) is 48.5 Å². The van der Waals surface area contributed by atoms with Crippen LogP contribution in [0.4, 0.5) is 0 Å². The Hall–Kier alpha value is -2.69. The Morgan fingerprint density at radius 1 is 1.21 bits per heavy atom. The van der Waals surface area contributed by atoms with Crippen molar-refractivity contribution in [2.75, 3.05) is 6.54 Å². The Bertz CT molecular complexity index is 871. The van der Waals surface area contributed by atoms with Crippen molar-refractivity contribution in [2.24, 2.45) is 7.05 Å². The number of hydrogen-bond donors (Lipinski definition) is 0. The second-order valence-corrected chi connectivity index (χ2v) is 6.40. The number of fused-ring (bicyclic) bond motifs is 1. The Kier molecular flexibility index (Phi) is 3.76. The summed E-state index contributed by atoms with van der Waals surface area (Å²) in [7, 11) is 1.85. The van der Waals surface area contributed by atoms with Gasteiger partial charge in [-0.3, -0.25) is 4.79 Å². The third-order valence-corrected chi connectivity index (χ3v) is 4.81. The van der Waals surface area contributed by atoms with Crippen molar-refractivity contribution >= 4 is 16.9 Å². The molecule has 3 aromatic rings. The van der Waals surface area contributed by atoms with Gasteiger partial charge in [0.05, 0.1) is 5.52 Å². The quantitative estimate of drug-likeness (QED) is 0.745. The summed E-state index contributed by atoms with van der Waals surface area (Å²) in [6.07, 6.45) is 3.05. The molecule has 4 rings (SSSR count). The number of aromatic nitrogens is 3. The molecule has 1 atom stereocenters. The predicted octanol–water partition coefficient (Wildman–Crippen LogP) is 2.82. The van der Waals surface area contributed by atoms with E-state index in [2.05, 4.69) is 34.6 Å². The molecule has 0 unspecified atom stereocenters. The van der Waals surface area contributed by atoms with E-state index in [9.17, 15) is 4.79 Å². The summed E-state index contributed by atoms with van der Waals surface area (Å²) in [6.45, 7) is 0.828. The van der Waals surface area contributed by atoms with Crippen LogP contribution in [0.25, 0.3) is 11.0 Å². The zero-order chi connectivity index (χ0) is 16.5. The molecule has 1 aliphatic rings. The SMILES string of the molecule is Cn1nnc2cc(C(=O)N3CCC[C@H]3Cc3ccccc3)ccc21. The Morgan fingerprint density at radius 2 is 2.04 bits per heavy atom. The number of likely N-dealkylation sites (tertiary alicyclic amines) is 1. The van der Waals surface area contributed by atoms with E-state index >= 15 is 0 Å². The predicted molar refractivity (Wildman–Crippen MR) is 92.7 cm³/mol. The van der Waals surface area contributed by atoms with Crippen molar-refractivity contribution in [3.8, 4) is 0 Å². The summed E-state index contributed by atoms with van der Waals surface area (Å²) in [5, 5.41) is 8.12. The smallest absolute Gasteiger partial charge is 0.254 e. The number of carbonyl (C=O) groups excluding carboxylic acids is 1. The van der Waals surface area contributed by atoms with Crippen molar-refractivity contribution < 1.29 is 4.79 Å². The van der Waals surface area contributed by atoms with Crippen LogP contribution >= 0.6 is 0 Å². The normalized spacial score (nSPS) is 17.5. The van der Waals surface area contributed by atoms with Gasteiger partial charge in [-0.15, -0.1) is 5.10 Å². The van der Waals surface area contributed by atoms with E-state index in [1.54, 1.807) is 4.68 Å². The van der Waals surface area contributed by atoms with E-state index in [0.717, 1.165) is 36.8 Å². The van der Waals surface area contributed by atoms with Gasteiger partial charge in [0.15, 0.2) is 0 Å². The summed E-state index contributed by atoms with van der Waals surface area (Å²) in [4.78, 5) is 15.0. The van der Waals surface area contributed by atoms with Crippen LogP contribution in [0.2, 0.25) is 0 Å². The molecular formula is C19H20N4O. The summed E-state index contributed by atoms with van der Waals surface area (Å²) >= 11 is 0. The fraction of sp³-hybridized carbons (Fsp3) is 0.316. The van der Waals surface area contributed by atoms with Gasteiger partial charge in [0.25, 0.3) is 5.91 Å². The van der Waals surface area contributed by atoms with Gasteiger partial charge in [-0.2, -0.15) is 0 Å². The topological polar surface area (TPSA) is 51.0 Å². The number of aryl methyl sites for hydroxylation is 1. The molecule has 122 valence electrons. The van der Waals surface area contributed by atoms with Gasteiger partial charge in [-0.1, -0.05) is 35.5 Å². The highest BCUT2D eigenvalue weighted by Gasteiger charge is 2.29. The molecule has 2 heterocycles. The fourth-order valence-electron chi connectivity index (χ4n) is 3.54. The molecule has 24 heavy (non-hydrogen) atoms. The highest BCUT2D eigenvalue weighted by molar-refractivity contribution is 5.97. The molecule has 5 nitrogen and oxygen atoms in total. The van der Waals surface area contributed by atoms with Gasteiger partial charge in [-0.25, -0.2) is 4.68 Å². The molecule has 2 aromatic carbocycles. The maximum absolute atomic E-state index is 13.0. The number of hydrogen-bond acceptors (Lipinski definition) is 3. The standard InChI is InChI=1S/C19H20N4O/c1-22-18-10-9-15(13-17(18)20-21-22)19(24)23-11-5-8-16(23)12-14-6-3-2-4-7-14/h2-4,6-7,9-10,13,16H,5,8,11-12H2,1H3/t16-/m0/s1. The van der Waals surface area contributed by atoms with Crippen molar-refractivity contribution in [2.45, 2.75) is 25.3 Å². The first-order valence-electron chi connectivity index (χ1n) is 8.37. The molecule has 0 saturated carbocycles. The van der Waals surface area contributed by atoms with Gasteiger partial charge in [0.2, 0.25) is 0 Å². The molecule has 0 aliphatic carbocycles. The maximum Gasteiger partial charge on any atom is 0.254 e. The highest BCUT2D eigenvalue weighted by atomic mass is 16.2. The summed E-state index contributed by atoms with van der Waals surface area (Å²) in [6, 6.07) is 16.3. The Balaban J connectivity index is 1.57. The van der Waals surface area contributed by atoms with Gasteiger partial charge < -0.3 is 4.90 Å². The van der Waals surface area contributed by atoms with Crippen LogP contribution in [-0.4, -0.2) is 38.4 Å². The first-order chi connectivity index (χ1) is 11.7. The Morgan fingerprint density at radius 3 is 2.88 bits per heavy atom. The number of benzene rings is 2. The molecule has 0 N–H and O–H groups in total. The number of nitrogens with zero attached hydrogens (tertiary/aromatic N) is 4. The van der Waals surface area contributed by atoms with E-state index in [1.807, 2.05) is 36.2 Å². The largest absolute Gasteiger partial charge is 0.335 e. The molecule has 0 bridgehead atoms. The number of carbonyl (C=O) groups is 1. The lowest BCUT2D eigenvalue weighted by atomic mass is 10.0. The molecule has 5 heteroatoms. The average Bonchev–Trinajstić information content (AvgIpc) is 3.22. The molecule has 0 radical (unpaired) electrons. The van der Waals surface area contributed by atoms with Crippen LogP contribution in [-0.2, 0) is 13.5 Å². The minimum atomic E-state index is 0.0981. The number of rotatable bonds is 3. The highest BCUT2D eigenvalue weighted by Crippen LogP contribution is 2.24. The minimum Gasteiger partial charge on any atom is -0.335 e. The van der Waals surface area contributed by atoms with Crippen molar-refractivity contribution in [3.05, 3.63) is 59.7 Å². The molecule has 1 amide bonds. The van der Waals surface area contributed by atoms with Crippen LogP contribution in [0.1, 0.15) is 28.8 Å².